The van der Waals surface area contributed by atoms with Crippen LogP contribution in [0.15, 0.2) is 55.1 Å². The first-order valence-corrected chi connectivity index (χ1v) is 7.75. The first kappa shape index (κ1) is 14.4. The minimum absolute atomic E-state index is 0.588. The van der Waals surface area contributed by atoms with Crippen molar-refractivity contribution in [1.82, 2.24) is 29.1 Å². The van der Waals surface area contributed by atoms with E-state index in [0.717, 1.165) is 23.9 Å². The minimum atomic E-state index is 0.588. The molecule has 4 rings (SSSR count). The van der Waals surface area contributed by atoms with Crippen molar-refractivity contribution in [3.05, 3.63) is 72.2 Å². The molecule has 7 heteroatoms. The predicted molar refractivity (Wildman–Crippen MR) is 90.6 cm³/mol. The highest BCUT2D eigenvalue weighted by molar-refractivity contribution is 5.44. The molecule has 7 nitrogen and oxygen atoms in total. The number of nitrogens with one attached hydrogen (secondary N) is 1. The average molecular weight is 319 g/mol. The van der Waals surface area contributed by atoms with Crippen molar-refractivity contribution in [3.8, 4) is 0 Å². The molecule has 0 saturated carbocycles. The van der Waals surface area contributed by atoms with Gasteiger partial charge in [-0.15, -0.1) is 0 Å². The highest BCUT2D eigenvalue weighted by atomic mass is 15.4. The molecule has 0 amide bonds. The van der Waals surface area contributed by atoms with Crippen molar-refractivity contribution in [3.63, 3.8) is 0 Å². The number of imidazole rings is 1. The lowest BCUT2D eigenvalue weighted by atomic mass is 10.2. The normalized spacial score (nSPS) is 11.0. The van der Waals surface area contributed by atoms with Crippen LogP contribution in [0.3, 0.4) is 0 Å². The van der Waals surface area contributed by atoms with Crippen LogP contribution in [0.1, 0.15) is 17.1 Å². The maximum atomic E-state index is 4.46. The van der Waals surface area contributed by atoms with E-state index < -0.39 is 0 Å². The van der Waals surface area contributed by atoms with E-state index >= 15 is 0 Å². The largest absolute Gasteiger partial charge is 0.363 e. The van der Waals surface area contributed by atoms with Crippen LogP contribution in [0.25, 0.3) is 5.78 Å². The van der Waals surface area contributed by atoms with Crippen LogP contribution in [-0.2, 0) is 13.1 Å². The molecule has 0 spiro atoms. The van der Waals surface area contributed by atoms with Gasteiger partial charge in [-0.05, 0) is 12.5 Å². The molecule has 1 N–H and O–H groups in total. The van der Waals surface area contributed by atoms with Gasteiger partial charge in [0.1, 0.15) is 18.0 Å². The summed E-state index contributed by atoms with van der Waals surface area (Å²) >= 11 is 0. The van der Waals surface area contributed by atoms with Crippen molar-refractivity contribution in [2.24, 2.45) is 0 Å². The molecule has 24 heavy (non-hydrogen) atoms. The van der Waals surface area contributed by atoms with E-state index in [1.165, 1.54) is 11.9 Å². The van der Waals surface area contributed by atoms with Gasteiger partial charge in [0.25, 0.3) is 5.78 Å². The summed E-state index contributed by atoms with van der Waals surface area (Å²) in [6.07, 6.45) is 5.32. The Morgan fingerprint density at radius 3 is 2.88 bits per heavy atom. The molecule has 0 bridgehead atoms. The monoisotopic (exact) mass is 319 g/mol. The standard InChI is InChI=1S/C17H17N7/c1-13-9-15(24-17(22-13)20-12-21-24)19-10-16-18-7-8-23(16)11-14-5-3-2-4-6-14/h2-9,12,19H,10-11H2,1H3. The molecule has 0 atom stereocenters. The number of fused-ring (bicyclic) bond motifs is 1. The van der Waals surface area contributed by atoms with Crippen LogP contribution in [0.4, 0.5) is 5.82 Å². The lowest BCUT2D eigenvalue weighted by Gasteiger charge is -2.11. The molecule has 1 aromatic carbocycles. The van der Waals surface area contributed by atoms with Gasteiger partial charge >= 0.3 is 0 Å². The van der Waals surface area contributed by atoms with E-state index in [1.807, 2.05) is 43.6 Å². The molecule has 3 aromatic heterocycles. The van der Waals surface area contributed by atoms with Crippen molar-refractivity contribution in [1.29, 1.82) is 0 Å². The zero-order valence-corrected chi connectivity index (χ0v) is 13.3. The van der Waals surface area contributed by atoms with E-state index in [9.17, 15) is 0 Å². The third kappa shape index (κ3) is 2.83. The summed E-state index contributed by atoms with van der Waals surface area (Å²) in [6, 6.07) is 12.3. The second-order valence-electron chi connectivity index (χ2n) is 5.57. The Labute approximate surface area is 139 Å². The minimum Gasteiger partial charge on any atom is -0.363 e. The summed E-state index contributed by atoms with van der Waals surface area (Å²) in [5.41, 5.74) is 2.14. The van der Waals surface area contributed by atoms with Gasteiger partial charge in [0.05, 0.1) is 6.54 Å². The lowest BCUT2D eigenvalue weighted by molar-refractivity contribution is 0.732. The summed E-state index contributed by atoms with van der Waals surface area (Å²) in [5.74, 6) is 2.40. The summed E-state index contributed by atoms with van der Waals surface area (Å²) in [4.78, 5) is 12.9. The molecule has 0 saturated heterocycles. The fourth-order valence-electron chi connectivity index (χ4n) is 2.66. The number of aromatic nitrogens is 6. The van der Waals surface area contributed by atoms with Crippen LogP contribution < -0.4 is 5.32 Å². The van der Waals surface area contributed by atoms with Crippen LogP contribution in [0.5, 0.6) is 0 Å². The Morgan fingerprint density at radius 1 is 1.12 bits per heavy atom. The van der Waals surface area contributed by atoms with Crippen molar-refractivity contribution < 1.29 is 0 Å². The van der Waals surface area contributed by atoms with Gasteiger partial charge in [-0.2, -0.15) is 14.6 Å². The zero-order chi connectivity index (χ0) is 16.4. The van der Waals surface area contributed by atoms with Crippen molar-refractivity contribution in [2.75, 3.05) is 5.32 Å². The molecule has 0 unspecified atom stereocenters. The first-order chi connectivity index (χ1) is 11.8. The van der Waals surface area contributed by atoms with Gasteiger partial charge in [-0.3, -0.25) is 0 Å². The molecular formula is C17H17N7. The Balaban J connectivity index is 1.54. The predicted octanol–water partition coefficient (Wildman–Crippen LogP) is 2.29. The summed E-state index contributed by atoms with van der Waals surface area (Å²) in [7, 11) is 0. The Hall–Kier alpha value is -3.22. The first-order valence-electron chi connectivity index (χ1n) is 7.75. The third-order valence-electron chi connectivity index (χ3n) is 3.80. The molecule has 0 aliphatic heterocycles. The van der Waals surface area contributed by atoms with E-state index in [0.29, 0.717) is 12.3 Å². The number of hydrogen-bond acceptors (Lipinski definition) is 5. The maximum absolute atomic E-state index is 4.46. The van der Waals surface area contributed by atoms with E-state index in [4.69, 9.17) is 0 Å². The van der Waals surface area contributed by atoms with Gasteiger partial charge in [0.2, 0.25) is 0 Å². The molecule has 0 aliphatic carbocycles. The number of hydrogen-bond donors (Lipinski definition) is 1. The zero-order valence-electron chi connectivity index (χ0n) is 13.3. The molecule has 0 radical (unpaired) electrons. The fourth-order valence-corrected chi connectivity index (χ4v) is 2.66. The quantitative estimate of drug-likeness (QED) is 0.611. The Morgan fingerprint density at radius 2 is 2.00 bits per heavy atom. The SMILES string of the molecule is Cc1cc(NCc2nccn2Cc2ccccc2)n2ncnc2n1. The maximum Gasteiger partial charge on any atom is 0.254 e. The van der Waals surface area contributed by atoms with Gasteiger partial charge in [0, 0.05) is 30.7 Å². The second-order valence-corrected chi connectivity index (χ2v) is 5.57. The third-order valence-corrected chi connectivity index (χ3v) is 3.80. The van der Waals surface area contributed by atoms with Crippen molar-refractivity contribution in [2.45, 2.75) is 20.0 Å². The van der Waals surface area contributed by atoms with Gasteiger partial charge < -0.3 is 9.88 Å². The van der Waals surface area contributed by atoms with Crippen LogP contribution >= 0.6 is 0 Å². The topological polar surface area (TPSA) is 72.9 Å². The molecule has 0 fully saturated rings. The van der Waals surface area contributed by atoms with E-state index in [1.54, 1.807) is 4.52 Å². The molecule has 4 aromatic rings. The number of benzene rings is 1. The number of nitrogens with zero attached hydrogens (tertiary/aromatic N) is 6. The highest BCUT2D eigenvalue weighted by Crippen LogP contribution is 2.12. The van der Waals surface area contributed by atoms with Crippen LogP contribution in [0, 0.1) is 6.92 Å². The van der Waals surface area contributed by atoms with Crippen LogP contribution in [-0.4, -0.2) is 29.1 Å². The Kier molecular flexibility index (Phi) is 3.66. The second kappa shape index (κ2) is 6.11. The molecule has 0 aliphatic rings. The summed E-state index contributed by atoms with van der Waals surface area (Å²) in [6.45, 7) is 3.33. The van der Waals surface area contributed by atoms with Gasteiger partial charge in [0.15, 0.2) is 0 Å². The highest BCUT2D eigenvalue weighted by Gasteiger charge is 2.08. The smallest absolute Gasteiger partial charge is 0.254 e. The van der Waals surface area contributed by atoms with E-state index in [2.05, 4.69) is 42.1 Å². The van der Waals surface area contributed by atoms with Crippen LogP contribution in [0.2, 0.25) is 0 Å². The number of anilines is 1. The fraction of sp³-hybridized carbons (Fsp3) is 0.176. The molecular weight excluding hydrogens is 302 g/mol. The molecule has 120 valence electrons. The van der Waals surface area contributed by atoms with Crippen molar-refractivity contribution >= 4 is 11.6 Å². The Bertz CT molecular complexity index is 955. The lowest BCUT2D eigenvalue weighted by Crippen LogP contribution is -2.12. The number of rotatable bonds is 5. The van der Waals surface area contributed by atoms with Gasteiger partial charge in [-0.1, -0.05) is 30.3 Å². The van der Waals surface area contributed by atoms with Gasteiger partial charge in [-0.25, -0.2) is 9.97 Å². The number of aryl methyl sites for hydroxylation is 1. The summed E-state index contributed by atoms with van der Waals surface area (Å²) < 4.78 is 3.83. The summed E-state index contributed by atoms with van der Waals surface area (Å²) in [5, 5.41) is 7.58. The molecule has 3 heterocycles. The average Bonchev–Trinajstić information content (AvgIpc) is 3.22. The van der Waals surface area contributed by atoms with E-state index in [-0.39, 0.29) is 0 Å².